The van der Waals surface area contributed by atoms with Gasteiger partial charge < -0.3 is 18.8 Å². The minimum Gasteiger partial charge on any atom is -0.493 e. The summed E-state index contributed by atoms with van der Waals surface area (Å²) in [6.45, 7) is 6.56. The van der Waals surface area contributed by atoms with Gasteiger partial charge in [0.25, 0.3) is 0 Å². The predicted molar refractivity (Wildman–Crippen MR) is 101 cm³/mol. The normalized spacial score (nSPS) is 19.1. The van der Waals surface area contributed by atoms with E-state index in [9.17, 15) is 0 Å². The third-order valence-corrected chi connectivity index (χ3v) is 5.92. The molecule has 1 aromatic carbocycles. The van der Waals surface area contributed by atoms with Gasteiger partial charge in [-0.1, -0.05) is 0 Å². The topological polar surface area (TPSA) is 61.6 Å². The van der Waals surface area contributed by atoms with E-state index in [1.807, 2.05) is 0 Å². The van der Waals surface area contributed by atoms with Crippen molar-refractivity contribution in [3.05, 3.63) is 35.4 Å². The molecule has 1 fully saturated rings. The maximum absolute atomic E-state index is 6.38. The van der Waals surface area contributed by atoms with Gasteiger partial charge in [0.1, 0.15) is 12.2 Å². The van der Waals surface area contributed by atoms with E-state index in [0.29, 0.717) is 0 Å². The highest BCUT2D eigenvalue weighted by Crippen LogP contribution is 2.45. The number of methoxy groups -OCH3 is 2. The Labute approximate surface area is 160 Å². The molecule has 2 aromatic rings. The number of nitrogens with zero attached hydrogens (tertiary/aromatic N) is 4. The molecule has 27 heavy (non-hydrogen) atoms. The molecule has 0 atom stereocenters. The van der Waals surface area contributed by atoms with Crippen LogP contribution in [-0.4, -0.2) is 53.6 Å². The van der Waals surface area contributed by atoms with Crippen LogP contribution in [0.5, 0.6) is 11.5 Å². The highest BCUT2D eigenvalue weighted by molar-refractivity contribution is 5.50. The van der Waals surface area contributed by atoms with Gasteiger partial charge in [-0.05, 0) is 49.4 Å². The van der Waals surface area contributed by atoms with Gasteiger partial charge in [-0.2, -0.15) is 0 Å². The van der Waals surface area contributed by atoms with Crippen molar-refractivity contribution in [1.29, 1.82) is 0 Å². The zero-order valence-corrected chi connectivity index (χ0v) is 16.4. The summed E-state index contributed by atoms with van der Waals surface area (Å²) in [5.74, 6) is 2.61. The van der Waals surface area contributed by atoms with Crippen LogP contribution in [0, 0.1) is 0 Å². The van der Waals surface area contributed by atoms with Gasteiger partial charge in [-0.15, -0.1) is 10.2 Å². The molecule has 2 aliphatic rings. The quantitative estimate of drug-likeness (QED) is 0.803. The number of benzene rings is 1. The van der Waals surface area contributed by atoms with Gasteiger partial charge in [0.05, 0.1) is 33.0 Å². The largest absolute Gasteiger partial charge is 0.493 e. The van der Waals surface area contributed by atoms with E-state index in [0.717, 1.165) is 69.4 Å². The molecule has 0 bridgehead atoms. The first-order chi connectivity index (χ1) is 13.2. The minimum absolute atomic E-state index is 0.220. The molecule has 1 aromatic heterocycles. The number of likely N-dealkylation sites (tertiary alicyclic amines) is 1. The summed E-state index contributed by atoms with van der Waals surface area (Å²) in [4.78, 5) is 2.44. The second-order valence-electron chi connectivity index (χ2n) is 7.27. The lowest BCUT2D eigenvalue weighted by molar-refractivity contribution is -0.0993. The average molecular weight is 372 g/mol. The number of fused-ring (bicyclic) bond motifs is 2. The molecule has 7 heteroatoms. The molecule has 0 radical (unpaired) electrons. The fourth-order valence-electron chi connectivity index (χ4n) is 4.34. The Morgan fingerprint density at radius 2 is 1.89 bits per heavy atom. The molecular weight excluding hydrogens is 344 g/mol. The van der Waals surface area contributed by atoms with Crippen molar-refractivity contribution in [3.8, 4) is 11.5 Å². The van der Waals surface area contributed by atoms with Crippen molar-refractivity contribution < 1.29 is 14.2 Å². The molecule has 0 aliphatic carbocycles. The summed E-state index contributed by atoms with van der Waals surface area (Å²) in [6, 6.07) is 4.24. The van der Waals surface area contributed by atoms with E-state index < -0.39 is 0 Å². The van der Waals surface area contributed by atoms with Gasteiger partial charge >= 0.3 is 0 Å². The van der Waals surface area contributed by atoms with Crippen LogP contribution in [0.25, 0.3) is 0 Å². The fraction of sp³-hybridized carbons (Fsp3) is 0.600. The molecule has 2 aliphatic heterocycles. The Morgan fingerprint density at radius 3 is 2.59 bits per heavy atom. The number of aromatic nitrogens is 3. The summed E-state index contributed by atoms with van der Waals surface area (Å²) in [7, 11) is 3.37. The van der Waals surface area contributed by atoms with Crippen molar-refractivity contribution in [3.63, 3.8) is 0 Å². The second-order valence-corrected chi connectivity index (χ2v) is 7.27. The number of piperidine rings is 1. The molecule has 1 spiro atoms. The third kappa shape index (κ3) is 3.30. The highest BCUT2D eigenvalue weighted by Gasteiger charge is 2.41. The van der Waals surface area contributed by atoms with Gasteiger partial charge in [0.15, 0.2) is 11.5 Å². The first-order valence-electron chi connectivity index (χ1n) is 9.67. The molecule has 0 saturated carbocycles. The molecular formula is C20H28N4O3. The number of hydrogen-bond acceptors (Lipinski definition) is 6. The molecule has 0 N–H and O–H groups in total. The van der Waals surface area contributed by atoms with Crippen molar-refractivity contribution in [2.75, 3.05) is 33.9 Å². The molecule has 146 valence electrons. The summed E-state index contributed by atoms with van der Waals surface area (Å²) in [5, 5.41) is 8.32. The SMILES string of the molecule is CCn1cnnc1CN1CCC2(CC1)OCCc1cc(OC)c(OC)cc12. The average Bonchev–Trinajstić information content (AvgIpc) is 3.16. The zero-order chi connectivity index (χ0) is 18.9. The molecule has 1 saturated heterocycles. The standard InChI is InChI=1S/C20H28N4O3/c1-4-24-14-21-22-19(24)13-23-8-6-20(7-9-23)16-12-18(26-3)17(25-2)11-15(16)5-10-27-20/h11-12,14H,4-10,13H2,1-3H3. The van der Waals surface area contributed by atoms with Crippen molar-refractivity contribution in [1.82, 2.24) is 19.7 Å². The maximum Gasteiger partial charge on any atom is 0.161 e. The van der Waals surface area contributed by atoms with E-state index in [4.69, 9.17) is 14.2 Å². The zero-order valence-electron chi connectivity index (χ0n) is 16.4. The lowest BCUT2D eigenvalue weighted by Crippen LogP contribution is -2.46. The number of hydrogen-bond donors (Lipinski definition) is 0. The first kappa shape index (κ1) is 18.3. The maximum atomic E-state index is 6.38. The highest BCUT2D eigenvalue weighted by atomic mass is 16.5. The summed E-state index contributed by atoms with van der Waals surface area (Å²) >= 11 is 0. The number of aryl methyl sites for hydroxylation is 1. The van der Waals surface area contributed by atoms with E-state index in [1.165, 1.54) is 11.1 Å². The van der Waals surface area contributed by atoms with Crippen LogP contribution in [-0.2, 0) is 29.8 Å². The second kappa shape index (κ2) is 7.48. The van der Waals surface area contributed by atoms with Crippen LogP contribution in [0.3, 0.4) is 0 Å². The molecule has 3 heterocycles. The Hall–Kier alpha value is -2.12. The van der Waals surface area contributed by atoms with Gasteiger partial charge in [-0.3, -0.25) is 4.90 Å². The Bertz CT molecular complexity index is 797. The van der Waals surface area contributed by atoms with E-state index in [-0.39, 0.29) is 5.60 Å². The smallest absolute Gasteiger partial charge is 0.161 e. The van der Waals surface area contributed by atoms with Gasteiger partial charge in [-0.25, -0.2) is 0 Å². The minimum atomic E-state index is -0.220. The monoisotopic (exact) mass is 372 g/mol. The van der Waals surface area contributed by atoms with Crippen LogP contribution >= 0.6 is 0 Å². The van der Waals surface area contributed by atoms with Crippen LogP contribution in [0.1, 0.15) is 36.7 Å². The van der Waals surface area contributed by atoms with Crippen molar-refractivity contribution in [2.24, 2.45) is 0 Å². The fourth-order valence-corrected chi connectivity index (χ4v) is 4.34. The van der Waals surface area contributed by atoms with E-state index in [1.54, 1.807) is 20.5 Å². The molecule has 0 unspecified atom stereocenters. The summed E-state index contributed by atoms with van der Waals surface area (Å²) in [5.41, 5.74) is 2.36. The lowest BCUT2D eigenvalue weighted by Gasteiger charge is -2.45. The predicted octanol–water partition coefficient (Wildman–Crippen LogP) is 2.38. The Balaban J connectivity index is 1.53. The lowest BCUT2D eigenvalue weighted by atomic mass is 9.79. The summed E-state index contributed by atoms with van der Waals surface area (Å²) in [6.07, 6.45) is 4.66. The summed E-state index contributed by atoms with van der Waals surface area (Å²) < 4.78 is 19.5. The molecule has 7 nitrogen and oxygen atoms in total. The van der Waals surface area contributed by atoms with E-state index >= 15 is 0 Å². The molecule has 0 amide bonds. The van der Waals surface area contributed by atoms with Crippen LogP contribution < -0.4 is 9.47 Å². The Kier molecular flexibility index (Phi) is 5.06. The van der Waals surface area contributed by atoms with Crippen molar-refractivity contribution in [2.45, 2.75) is 44.9 Å². The van der Waals surface area contributed by atoms with Crippen LogP contribution in [0.15, 0.2) is 18.5 Å². The first-order valence-corrected chi connectivity index (χ1v) is 9.67. The van der Waals surface area contributed by atoms with Gasteiger partial charge in [0, 0.05) is 19.6 Å². The van der Waals surface area contributed by atoms with Crippen LogP contribution in [0.4, 0.5) is 0 Å². The third-order valence-electron chi connectivity index (χ3n) is 5.92. The molecule has 4 rings (SSSR count). The Morgan fingerprint density at radius 1 is 1.15 bits per heavy atom. The number of ether oxygens (including phenoxy) is 3. The van der Waals surface area contributed by atoms with Gasteiger partial charge in [0.2, 0.25) is 0 Å². The van der Waals surface area contributed by atoms with E-state index in [2.05, 4.69) is 38.7 Å². The van der Waals surface area contributed by atoms with Crippen LogP contribution in [0.2, 0.25) is 0 Å². The van der Waals surface area contributed by atoms with Crippen molar-refractivity contribution >= 4 is 0 Å². The number of rotatable bonds is 5.